The van der Waals surface area contributed by atoms with Crippen molar-refractivity contribution in [2.24, 2.45) is 5.10 Å². The van der Waals surface area contributed by atoms with Crippen LogP contribution in [0.25, 0.3) is 0 Å². The van der Waals surface area contributed by atoms with Crippen molar-refractivity contribution < 1.29 is 28.9 Å². The second kappa shape index (κ2) is 12.3. The minimum Gasteiger partial charge on any atom is -0.490 e. The maximum absolute atomic E-state index is 12.4. The van der Waals surface area contributed by atoms with Crippen molar-refractivity contribution >= 4 is 50.0 Å². The van der Waals surface area contributed by atoms with Crippen molar-refractivity contribution in [2.45, 2.75) is 20.3 Å². The predicted molar refractivity (Wildman–Crippen MR) is 123 cm³/mol. The van der Waals surface area contributed by atoms with Gasteiger partial charge >= 0.3 is 5.97 Å². The molecule has 0 saturated heterocycles. The first-order chi connectivity index (χ1) is 14.8. The first-order valence-corrected chi connectivity index (χ1v) is 11.0. The van der Waals surface area contributed by atoms with E-state index in [0.29, 0.717) is 50.5 Å². The highest BCUT2D eigenvalue weighted by Gasteiger charge is 2.12. The van der Waals surface area contributed by atoms with Gasteiger partial charge in [0.15, 0.2) is 18.1 Å². The molecular weight excluding hydrogens is 536 g/mol. The van der Waals surface area contributed by atoms with E-state index in [9.17, 15) is 9.59 Å². The number of carbonyl (C=O) groups excluding carboxylic acids is 1. The number of amides is 1. The molecule has 0 spiro atoms. The fourth-order valence-electron chi connectivity index (χ4n) is 2.40. The third-order valence-corrected chi connectivity index (χ3v) is 4.89. The summed E-state index contributed by atoms with van der Waals surface area (Å²) in [5, 5.41) is 12.7. The number of benzene rings is 2. The average molecular weight is 558 g/mol. The topological polar surface area (TPSA) is 106 Å². The lowest BCUT2D eigenvalue weighted by Gasteiger charge is -2.12. The van der Waals surface area contributed by atoms with E-state index in [4.69, 9.17) is 19.3 Å². The van der Waals surface area contributed by atoms with Gasteiger partial charge in [-0.2, -0.15) is 5.10 Å². The molecule has 10 heteroatoms. The number of halogens is 2. The number of hydrazone groups is 1. The van der Waals surface area contributed by atoms with Crippen LogP contribution >= 0.6 is 31.9 Å². The normalized spacial score (nSPS) is 10.7. The molecule has 2 aromatic rings. The number of nitrogens with one attached hydrogen (secondary N) is 1. The molecule has 2 rings (SSSR count). The molecule has 0 aliphatic carbocycles. The summed E-state index contributed by atoms with van der Waals surface area (Å²) in [7, 11) is 0. The molecule has 8 nitrogen and oxygen atoms in total. The van der Waals surface area contributed by atoms with Crippen molar-refractivity contribution in [3.8, 4) is 17.2 Å². The highest BCUT2D eigenvalue weighted by molar-refractivity contribution is 9.11. The zero-order chi connectivity index (χ0) is 22.8. The maximum Gasteiger partial charge on any atom is 0.341 e. The number of carboxylic acid groups (broad SMARTS) is 1. The van der Waals surface area contributed by atoms with E-state index >= 15 is 0 Å². The van der Waals surface area contributed by atoms with Gasteiger partial charge in [0.1, 0.15) is 5.75 Å². The fraction of sp³-hybridized carbons (Fsp3) is 0.286. The second-order valence-corrected chi connectivity index (χ2v) is 7.85. The molecule has 0 atom stereocenters. The molecule has 1 amide bonds. The Balaban J connectivity index is 2.08. The summed E-state index contributed by atoms with van der Waals surface area (Å²) in [6.45, 7) is 4.40. The van der Waals surface area contributed by atoms with Crippen LogP contribution < -0.4 is 19.6 Å². The van der Waals surface area contributed by atoms with Crippen LogP contribution in [0, 0.1) is 0 Å². The van der Waals surface area contributed by atoms with Crippen LogP contribution in [-0.2, 0) is 4.79 Å². The standard InChI is InChI=1S/C21H22Br2N2O6/c1-3-7-30-17-6-5-14(10-18(17)29-4-2)21(28)25-24-11-13-8-15(22)20(16(23)9-13)31-12-19(26)27/h5-6,8-11H,3-4,7,12H2,1-2H3,(H,25,28)(H,26,27)/b24-11+. The van der Waals surface area contributed by atoms with Gasteiger partial charge in [-0.1, -0.05) is 6.92 Å². The smallest absolute Gasteiger partial charge is 0.341 e. The monoisotopic (exact) mass is 556 g/mol. The summed E-state index contributed by atoms with van der Waals surface area (Å²) < 4.78 is 17.5. The summed E-state index contributed by atoms with van der Waals surface area (Å²) in [5.41, 5.74) is 3.50. The molecule has 0 aliphatic heterocycles. The Morgan fingerprint density at radius 1 is 1.06 bits per heavy atom. The minimum atomic E-state index is -1.08. The second-order valence-electron chi connectivity index (χ2n) is 6.14. The molecule has 0 heterocycles. The molecule has 166 valence electrons. The van der Waals surface area contributed by atoms with Crippen LogP contribution in [0.4, 0.5) is 0 Å². The van der Waals surface area contributed by atoms with Gasteiger partial charge in [-0.3, -0.25) is 4.79 Å². The lowest BCUT2D eigenvalue weighted by Crippen LogP contribution is -2.17. The van der Waals surface area contributed by atoms with Crippen LogP contribution in [0.2, 0.25) is 0 Å². The van der Waals surface area contributed by atoms with Crippen molar-refractivity contribution in [1.29, 1.82) is 0 Å². The first kappa shape index (κ1) is 24.7. The van der Waals surface area contributed by atoms with E-state index in [2.05, 4.69) is 42.4 Å². The summed E-state index contributed by atoms with van der Waals surface area (Å²) in [4.78, 5) is 23.1. The molecule has 31 heavy (non-hydrogen) atoms. The zero-order valence-corrected chi connectivity index (χ0v) is 20.2. The molecule has 0 aromatic heterocycles. The van der Waals surface area contributed by atoms with E-state index in [1.54, 1.807) is 30.3 Å². The summed E-state index contributed by atoms with van der Waals surface area (Å²) in [6.07, 6.45) is 2.32. The first-order valence-electron chi connectivity index (χ1n) is 9.42. The van der Waals surface area contributed by atoms with Gasteiger partial charge in [-0.15, -0.1) is 0 Å². The number of ether oxygens (including phenoxy) is 3. The van der Waals surface area contributed by atoms with E-state index in [0.717, 1.165) is 6.42 Å². The molecule has 0 bridgehead atoms. The molecule has 0 fully saturated rings. The molecule has 0 aliphatic rings. The van der Waals surface area contributed by atoms with Crippen molar-refractivity contribution in [3.63, 3.8) is 0 Å². The van der Waals surface area contributed by atoms with Gasteiger partial charge in [0.05, 0.1) is 28.4 Å². The number of hydrogen-bond acceptors (Lipinski definition) is 6. The number of nitrogens with zero attached hydrogens (tertiary/aromatic N) is 1. The van der Waals surface area contributed by atoms with Crippen LogP contribution in [0.15, 0.2) is 44.4 Å². The van der Waals surface area contributed by atoms with Gasteiger partial charge in [0.2, 0.25) is 0 Å². The Bertz CT molecular complexity index is 942. The fourth-order valence-corrected chi connectivity index (χ4v) is 3.86. The lowest BCUT2D eigenvalue weighted by atomic mass is 10.2. The third-order valence-electron chi connectivity index (χ3n) is 3.71. The zero-order valence-electron chi connectivity index (χ0n) is 17.0. The minimum absolute atomic E-state index is 0.359. The number of rotatable bonds is 11. The van der Waals surface area contributed by atoms with E-state index in [-0.39, 0.29) is 0 Å². The van der Waals surface area contributed by atoms with E-state index in [1.807, 2.05) is 13.8 Å². The SMILES string of the molecule is CCCOc1ccc(C(=O)N/N=C/c2cc(Br)c(OCC(=O)O)c(Br)c2)cc1OCC. The van der Waals surface area contributed by atoms with Gasteiger partial charge in [-0.05, 0) is 81.1 Å². The van der Waals surface area contributed by atoms with Gasteiger partial charge in [-0.25, -0.2) is 10.2 Å². The third kappa shape index (κ3) is 7.55. The lowest BCUT2D eigenvalue weighted by molar-refractivity contribution is -0.139. The van der Waals surface area contributed by atoms with Gasteiger partial charge < -0.3 is 19.3 Å². The van der Waals surface area contributed by atoms with Gasteiger partial charge in [0, 0.05) is 5.56 Å². The van der Waals surface area contributed by atoms with E-state index < -0.39 is 18.5 Å². The summed E-state index contributed by atoms with van der Waals surface area (Å²) in [6, 6.07) is 8.32. The Kier molecular flexibility index (Phi) is 9.80. The Morgan fingerprint density at radius 2 is 1.77 bits per heavy atom. The van der Waals surface area contributed by atoms with E-state index in [1.165, 1.54) is 6.21 Å². The number of hydrogen-bond donors (Lipinski definition) is 2. The number of carboxylic acids is 1. The molecule has 0 radical (unpaired) electrons. The molecule has 2 N–H and O–H groups in total. The molecular formula is C21H22Br2N2O6. The van der Waals surface area contributed by atoms with Gasteiger partial charge in [0.25, 0.3) is 5.91 Å². The maximum atomic E-state index is 12.4. The summed E-state index contributed by atoms with van der Waals surface area (Å²) >= 11 is 6.66. The quantitative estimate of drug-likeness (QED) is 0.308. The summed E-state index contributed by atoms with van der Waals surface area (Å²) in [5.74, 6) is -0.0399. The highest BCUT2D eigenvalue weighted by Crippen LogP contribution is 2.34. The van der Waals surface area contributed by atoms with Crippen LogP contribution in [0.1, 0.15) is 36.2 Å². The Labute approximate surface area is 196 Å². The Hall–Kier alpha value is -2.59. The number of carbonyl (C=O) groups is 2. The van der Waals surface area contributed by atoms with Crippen LogP contribution in [0.5, 0.6) is 17.2 Å². The van der Waals surface area contributed by atoms with Crippen LogP contribution in [0.3, 0.4) is 0 Å². The molecule has 0 saturated carbocycles. The predicted octanol–water partition coefficient (Wildman–Crippen LogP) is 4.63. The molecule has 2 aromatic carbocycles. The average Bonchev–Trinajstić information content (AvgIpc) is 2.72. The van der Waals surface area contributed by atoms with Crippen LogP contribution in [-0.4, -0.2) is 43.0 Å². The molecule has 0 unspecified atom stereocenters. The Morgan fingerprint density at radius 3 is 2.39 bits per heavy atom. The van der Waals surface area contributed by atoms with Crippen molar-refractivity contribution in [1.82, 2.24) is 5.43 Å². The van der Waals surface area contributed by atoms with Crippen molar-refractivity contribution in [2.75, 3.05) is 19.8 Å². The van der Waals surface area contributed by atoms with Crippen molar-refractivity contribution in [3.05, 3.63) is 50.4 Å². The number of aliphatic carboxylic acids is 1. The largest absolute Gasteiger partial charge is 0.490 e. The highest BCUT2D eigenvalue weighted by atomic mass is 79.9.